The summed E-state index contributed by atoms with van der Waals surface area (Å²) in [6, 6.07) is 0. The molecule has 0 bridgehead atoms. The van der Waals surface area contributed by atoms with Gasteiger partial charge in [-0.15, -0.1) is 6.58 Å². The SMILES string of the molecule is C=CCN1CCNC(C)(C)C1=O. The van der Waals surface area contributed by atoms with Gasteiger partial charge in [0, 0.05) is 19.6 Å². The molecule has 12 heavy (non-hydrogen) atoms. The van der Waals surface area contributed by atoms with Gasteiger partial charge in [0.1, 0.15) is 0 Å². The molecule has 1 aliphatic heterocycles. The summed E-state index contributed by atoms with van der Waals surface area (Å²) in [5.74, 6) is 0.161. The maximum atomic E-state index is 11.7. The van der Waals surface area contributed by atoms with Crippen LogP contribution in [0.2, 0.25) is 0 Å². The standard InChI is InChI=1S/C9H16N2O/c1-4-6-11-7-5-10-9(2,3)8(11)12/h4,10H,1,5-7H2,2-3H3. The van der Waals surface area contributed by atoms with E-state index in [2.05, 4.69) is 11.9 Å². The number of nitrogens with zero attached hydrogens (tertiary/aromatic N) is 1. The van der Waals surface area contributed by atoms with Crippen LogP contribution in [0.5, 0.6) is 0 Å². The fourth-order valence-corrected chi connectivity index (χ4v) is 1.41. The second-order valence-electron chi connectivity index (χ2n) is 3.59. The molecule has 0 aromatic heterocycles. The predicted molar refractivity (Wildman–Crippen MR) is 48.9 cm³/mol. The van der Waals surface area contributed by atoms with E-state index >= 15 is 0 Å². The first kappa shape index (κ1) is 9.26. The van der Waals surface area contributed by atoms with Gasteiger partial charge >= 0.3 is 0 Å². The van der Waals surface area contributed by atoms with Crippen LogP contribution in [0.25, 0.3) is 0 Å². The lowest BCUT2D eigenvalue weighted by molar-refractivity contribution is -0.139. The van der Waals surface area contributed by atoms with E-state index < -0.39 is 5.54 Å². The summed E-state index contributed by atoms with van der Waals surface area (Å²) in [5.41, 5.74) is -0.402. The van der Waals surface area contributed by atoms with Crippen molar-refractivity contribution in [1.82, 2.24) is 10.2 Å². The van der Waals surface area contributed by atoms with E-state index in [1.165, 1.54) is 0 Å². The zero-order valence-corrected chi connectivity index (χ0v) is 7.76. The van der Waals surface area contributed by atoms with Gasteiger partial charge in [0.25, 0.3) is 0 Å². The van der Waals surface area contributed by atoms with Crippen molar-refractivity contribution in [2.75, 3.05) is 19.6 Å². The highest BCUT2D eigenvalue weighted by Crippen LogP contribution is 2.11. The molecule has 68 valence electrons. The molecule has 0 radical (unpaired) electrons. The first-order valence-electron chi connectivity index (χ1n) is 4.23. The van der Waals surface area contributed by atoms with Crippen LogP contribution in [0.3, 0.4) is 0 Å². The van der Waals surface area contributed by atoms with E-state index in [0.717, 1.165) is 13.1 Å². The molecule has 0 aromatic rings. The van der Waals surface area contributed by atoms with Crippen LogP contribution in [0.1, 0.15) is 13.8 Å². The van der Waals surface area contributed by atoms with Gasteiger partial charge < -0.3 is 10.2 Å². The van der Waals surface area contributed by atoms with Crippen LogP contribution < -0.4 is 5.32 Å². The number of carbonyl (C=O) groups is 1. The molecule has 1 heterocycles. The summed E-state index contributed by atoms with van der Waals surface area (Å²) in [4.78, 5) is 13.5. The highest BCUT2D eigenvalue weighted by molar-refractivity contribution is 5.86. The maximum Gasteiger partial charge on any atom is 0.242 e. The van der Waals surface area contributed by atoms with Crippen LogP contribution in [0.15, 0.2) is 12.7 Å². The van der Waals surface area contributed by atoms with E-state index in [4.69, 9.17) is 0 Å². The lowest BCUT2D eigenvalue weighted by Crippen LogP contribution is -2.61. The van der Waals surface area contributed by atoms with E-state index in [1.54, 1.807) is 6.08 Å². The Morgan fingerprint density at radius 1 is 1.75 bits per heavy atom. The summed E-state index contributed by atoms with van der Waals surface area (Å²) in [6.07, 6.45) is 1.76. The Bertz CT molecular complexity index is 199. The molecular weight excluding hydrogens is 152 g/mol. The molecule has 0 spiro atoms. The van der Waals surface area contributed by atoms with Crippen molar-refractivity contribution in [2.24, 2.45) is 0 Å². The molecule has 1 N–H and O–H groups in total. The molecule has 1 saturated heterocycles. The quantitative estimate of drug-likeness (QED) is 0.605. The lowest BCUT2D eigenvalue weighted by Gasteiger charge is -2.37. The molecule has 1 amide bonds. The Balaban J connectivity index is 2.66. The van der Waals surface area contributed by atoms with Crippen molar-refractivity contribution >= 4 is 5.91 Å². The highest BCUT2D eigenvalue weighted by atomic mass is 16.2. The summed E-state index contributed by atoms with van der Waals surface area (Å²) in [7, 11) is 0. The second kappa shape index (κ2) is 3.27. The van der Waals surface area contributed by atoms with Gasteiger partial charge in [-0.1, -0.05) is 6.08 Å². The summed E-state index contributed by atoms with van der Waals surface area (Å²) in [5, 5.41) is 3.17. The molecule has 3 nitrogen and oxygen atoms in total. The molecule has 3 heteroatoms. The average molecular weight is 168 g/mol. The number of rotatable bonds is 2. The lowest BCUT2D eigenvalue weighted by atomic mass is 10.0. The number of carbonyl (C=O) groups excluding carboxylic acids is 1. The largest absolute Gasteiger partial charge is 0.336 e. The monoisotopic (exact) mass is 168 g/mol. The zero-order chi connectivity index (χ0) is 9.19. The Labute approximate surface area is 73.4 Å². The molecule has 1 rings (SSSR count). The number of hydrogen-bond donors (Lipinski definition) is 1. The van der Waals surface area contributed by atoms with Gasteiger partial charge in [0.15, 0.2) is 0 Å². The molecule has 0 saturated carbocycles. The maximum absolute atomic E-state index is 11.7. The van der Waals surface area contributed by atoms with Gasteiger partial charge in [-0.25, -0.2) is 0 Å². The Hall–Kier alpha value is -0.830. The molecule has 0 aromatic carbocycles. The number of piperazine rings is 1. The first-order chi connectivity index (χ1) is 5.58. The van der Waals surface area contributed by atoms with Crippen LogP contribution in [-0.4, -0.2) is 36.0 Å². The fourth-order valence-electron chi connectivity index (χ4n) is 1.41. The van der Waals surface area contributed by atoms with Crippen LogP contribution >= 0.6 is 0 Å². The van der Waals surface area contributed by atoms with Crippen LogP contribution in [0, 0.1) is 0 Å². The van der Waals surface area contributed by atoms with Gasteiger partial charge in [-0.3, -0.25) is 4.79 Å². The molecule has 0 unspecified atom stereocenters. The van der Waals surface area contributed by atoms with Crippen molar-refractivity contribution in [2.45, 2.75) is 19.4 Å². The Kier molecular flexibility index (Phi) is 2.52. The third-order valence-electron chi connectivity index (χ3n) is 2.12. The third-order valence-corrected chi connectivity index (χ3v) is 2.12. The molecule has 0 aliphatic carbocycles. The third kappa shape index (κ3) is 1.67. The predicted octanol–water partition coefficient (Wildman–Crippen LogP) is 0.383. The van der Waals surface area contributed by atoms with Crippen LogP contribution in [0.4, 0.5) is 0 Å². The van der Waals surface area contributed by atoms with Crippen molar-refractivity contribution in [3.63, 3.8) is 0 Å². The topological polar surface area (TPSA) is 32.3 Å². The first-order valence-corrected chi connectivity index (χ1v) is 4.23. The van der Waals surface area contributed by atoms with E-state index in [0.29, 0.717) is 6.54 Å². The van der Waals surface area contributed by atoms with Crippen molar-refractivity contribution < 1.29 is 4.79 Å². The van der Waals surface area contributed by atoms with E-state index in [1.807, 2.05) is 18.7 Å². The zero-order valence-electron chi connectivity index (χ0n) is 7.76. The van der Waals surface area contributed by atoms with E-state index in [9.17, 15) is 4.79 Å². The summed E-state index contributed by atoms with van der Waals surface area (Å²) < 4.78 is 0. The normalized spacial score (nSPS) is 22.5. The van der Waals surface area contributed by atoms with E-state index in [-0.39, 0.29) is 5.91 Å². The highest BCUT2D eigenvalue weighted by Gasteiger charge is 2.34. The van der Waals surface area contributed by atoms with Crippen molar-refractivity contribution in [3.8, 4) is 0 Å². The van der Waals surface area contributed by atoms with Gasteiger partial charge in [-0.05, 0) is 13.8 Å². The number of nitrogens with one attached hydrogen (secondary N) is 1. The number of hydrogen-bond acceptors (Lipinski definition) is 2. The number of amides is 1. The second-order valence-corrected chi connectivity index (χ2v) is 3.59. The van der Waals surface area contributed by atoms with Gasteiger partial charge in [-0.2, -0.15) is 0 Å². The molecular formula is C9H16N2O. The Morgan fingerprint density at radius 3 is 3.00 bits per heavy atom. The molecule has 1 fully saturated rings. The molecule has 1 aliphatic rings. The Morgan fingerprint density at radius 2 is 2.42 bits per heavy atom. The van der Waals surface area contributed by atoms with Gasteiger partial charge in [0.05, 0.1) is 5.54 Å². The van der Waals surface area contributed by atoms with Crippen molar-refractivity contribution in [3.05, 3.63) is 12.7 Å². The minimum absolute atomic E-state index is 0.161. The fraction of sp³-hybridized carbons (Fsp3) is 0.667. The summed E-state index contributed by atoms with van der Waals surface area (Å²) >= 11 is 0. The van der Waals surface area contributed by atoms with Crippen LogP contribution in [-0.2, 0) is 4.79 Å². The smallest absolute Gasteiger partial charge is 0.242 e. The minimum Gasteiger partial charge on any atom is -0.336 e. The average Bonchev–Trinajstić information content (AvgIpc) is 1.99. The minimum atomic E-state index is -0.402. The van der Waals surface area contributed by atoms with Crippen molar-refractivity contribution in [1.29, 1.82) is 0 Å². The molecule has 0 atom stereocenters. The van der Waals surface area contributed by atoms with Gasteiger partial charge in [0.2, 0.25) is 5.91 Å². The summed E-state index contributed by atoms with van der Waals surface area (Å²) in [6.45, 7) is 9.75.